The molecule has 1 aliphatic rings. The molecule has 0 atom stereocenters. The zero-order valence-corrected chi connectivity index (χ0v) is 19.2. The van der Waals surface area contributed by atoms with Crippen LogP contribution in [0.15, 0.2) is 16.5 Å². The third kappa shape index (κ3) is 4.99. The fraction of sp³-hybridized carbons (Fsp3) is 0.789. The molecule has 1 aromatic heterocycles. The third-order valence-corrected chi connectivity index (χ3v) is 14.6. The molecular weight excluding hydrogens is 359 g/mol. The predicted octanol–water partition coefficient (Wildman–Crippen LogP) is 4.40. The van der Waals surface area contributed by atoms with Gasteiger partial charge in [-0.1, -0.05) is 0 Å². The van der Waals surface area contributed by atoms with Crippen LogP contribution in [0.25, 0.3) is 0 Å². The first-order valence-electron chi connectivity index (χ1n) is 9.74. The Morgan fingerprint density at radius 2 is 1.70 bits per heavy atom. The summed E-state index contributed by atoms with van der Waals surface area (Å²) < 4.78 is 7.89. The van der Waals surface area contributed by atoms with Crippen molar-refractivity contribution < 1.29 is 4.42 Å². The van der Waals surface area contributed by atoms with Crippen LogP contribution in [0.1, 0.15) is 39.5 Å². The molecule has 1 aliphatic heterocycles. The van der Waals surface area contributed by atoms with Gasteiger partial charge in [0.15, 0.2) is 0 Å². The van der Waals surface area contributed by atoms with E-state index in [1.54, 1.807) is 0 Å². The zero-order chi connectivity index (χ0) is 16.9. The second-order valence-electron chi connectivity index (χ2n) is 8.39. The van der Waals surface area contributed by atoms with Gasteiger partial charge in [-0.2, -0.15) is 0 Å². The molecule has 2 heterocycles. The zero-order valence-electron chi connectivity index (χ0n) is 16.1. The Morgan fingerprint density at radius 3 is 2.22 bits per heavy atom. The molecular formula is C19H37GeNOSi. The van der Waals surface area contributed by atoms with E-state index in [-0.39, 0.29) is 0 Å². The number of hydrogen-bond donors (Lipinski definition) is 0. The van der Waals surface area contributed by atoms with Crippen molar-refractivity contribution in [2.75, 3.05) is 19.6 Å². The predicted molar refractivity (Wildman–Crippen MR) is 108 cm³/mol. The van der Waals surface area contributed by atoms with Crippen LogP contribution in [0.5, 0.6) is 0 Å². The maximum absolute atomic E-state index is 6.53. The van der Waals surface area contributed by atoms with E-state index in [4.69, 9.17) is 4.42 Å². The summed E-state index contributed by atoms with van der Waals surface area (Å²) in [6.45, 7) is 8.21. The number of furan rings is 1. The third-order valence-electron chi connectivity index (χ3n) is 5.70. The average Bonchev–Trinajstić information content (AvgIpc) is 3.03. The summed E-state index contributed by atoms with van der Waals surface area (Å²) in [4.78, 5) is 2.57. The number of rotatable bonds is 8. The molecule has 1 fully saturated rings. The molecule has 1 aromatic rings. The Bertz CT molecular complexity index is 470. The van der Waals surface area contributed by atoms with Crippen LogP contribution in [-0.4, -0.2) is 45.9 Å². The van der Waals surface area contributed by atoms with Gasteiger partial charge in [0.1, 0.15) is 0 Å². The van der Waals surface area contributed by atoms with E-state index >= 15 is 0 Å². The van der Waals surface area contributed by atoms with Crippen molar-refractivity contribution in [1.82, 2.24) is 4.90 Å². The van der Waals surface area contributed by atoms with Gasteiger partial charge >= 0.3 is 147 Å². The van der Waals surface area contributed by atoms with Gasteiger partial charge in [0, 0.05) is 0 Å². The Kier molecular flexibility index (Phi) is 7.05. The van der Waals surface area contributed by atoms with Crippen molar-refractivity contribution in [3.05, 3.63) is 12.1 Å². The van der Waals surface area contributed by atoms with E-state index in [2.05, 4.69) is 48.1 Å². The maximum atomic E-state index is 6.53. The molecule has 0 saturated carbocycles. The van der Waals surface area contributed by atoms with Crippen LogP contribution in [0.3, 0.4) is 0 Å². The topological polar surface area (TPSA) is 16.4 Å². The Labute approximate surface area is 147 Å². The van der Waals surface area contributed by atoms with Gasteiger partial charge in [-0.05, 0) is 0 Å². The molecule has 4 heteroatoms. The molecule has 0 unspecified atom stereocenters. The summed E-state index contributed by atoms with van der Waals surface area (Å²) in [6.07, 6.45) is 5.67. The minimum atomic E-state index is -1.83. The monoisotopic (exact) mass is 397 g/mol. The van der Waals surface area contributed by atoms with Crippen LogP contribution < -0.4 is 9.98 Å². The second-order valence-corrected chi connectivity index (χ2v) is 23.4. The molecule has 0 radical (unpaired) electrons. The van der Waals surface area contributed by atoms with E-state index in [9.17, 15) is 0 Å². The molecule has 1 saturated heterocycles. The Balaban J connectivity index is 2.11. The van der Waals surface area contributed by atoms with Crippen molar-refractivity contribution in [3.63, 3.8) is 0 Å². The first-order valence-corrected chi connectivity index (χ1v) is 19.7. The summed E-state index contributed by atoms with van der Waals surface area (Å²) in [5.74, 6) is 7.33. The van der Waals surface area contributed by atoms with E-state index < -0.39 is 21.3 Å². The van der Waals surface area contributed by atoms with Gasteiger partial charge in [0.25, 0.3) is 0 Å². The standard InChI is InChI=1S/C19H37GeNOSi/c1-6-21(7-2)14-11-17-23(15-9-8-10-16-23)19-13-12-18(22-19)20(3,4)5/h12-13H,6-11,14-17H2,1-5H3. The van der Waals surface area contributed by atoms with Gasteiger partial charge in [0.05, 0.1) is 0 Å². The van der Waals surface area contributed by atoms with Gasteiger partial charge in [-0.15, -0.1) is 0 Å². The van der Waals surface area contributed by atoms with Crippen molar-refractivity contribution in [2.45, 2.75) is 74.9 Å². The van der Waals surface area contributed by atoms with E-state index in [0.717, 1.165) is 0 Å². The molecule has 0 N–H and O–H groups in total. The Hall–Kier alpha value is -0.000260. The molecule has 0 aliphatic carbocycles. The first kappa shape index (κ1) is 19.3. The summed E-state index contributed by atoms with van der Waals surface area (Å²) in [5, 5.41) is 1.45. The van der Waals surface area contributed by atoms with E-state index in [1.807, 2.05) is 0 Å². The normalized spacial score (nSPS) is 18.5. The fourth-order valence-electron chi connectivity index (χ4n) is 4.06. The Morgan fingerprint density at radius 1 is 1.04 bits per heavy atom. The molecule has 23 heavy (non-hydrogen) atoms. The quantitative estimate of drug-likeness (QED) is 0.606. The van der Waals surface area contributed by atoms with Crippen LogP contribution in [0, 0.1) is 0 Å². The first-order chi connectivity index (χ1) is 10.9. The molecule has 0 aromatic carbocycles. The molecule has 0 bridgehead atoms. The molecule has 0 amide bonds. The molecule has 0 spiro atoms. The molecule has 2 rings (SSSR count). The van der Waals surface area contributed by atoms with Crippen LogP contribution in [-0.2, 0) is 0 Å². The second kappa shape index (κ2) is 8.39. The van der Waals surface area contributed by atoms with Crippen LogP contribution in [0.4, 0.5) is 0 Å². The summed E-state index contributed by atoms with van der Waals surface area (Å²) in [6, 6.07) is 9.10. The van der Waals surface area contributed by atoms with Gasteiger partial charge in [-0.25, -0.2) is 0 Å². The molecule has 132 valence electrons. The minimum absolute atomic E-state index is 1.19. The SMILES string of the molecule is CCN(CC)CCC[Si]1(c2cc[c]([Ge]([CH3])([CH3])[CH3])o2)CCCCC1. The summed E-state index contributed by atoms with van der Waals surface area (Å²) in [7, 11) is -1.37. The number of nitrogens with zero attached hydrogens (tertiary/aromatic N) is 1. The van der Waals surface area contributed by atoms with Gasteiger partial charge in [0.2, 0.25) is 0 Å². The van der Waals surface area contributed by atoms with E-state index in [1.165, 1.54) is 73.4 Å². The fourth-order valence-corrected chi connectivity index (χ4v) is 11.3. The number of hydrogen-bond acceptors (Lipinski definition) is 2. The van der Waals surface area contributed by atoms with Crippen molar-refractivity contribution >= 4 is 31.3 Å². The van der Waals surface area contributed by atoms with Gasteiger partial charge < -0.3 is 0 Å². The summed E-state index contributed by atoms with van der Waals surface area (Å²) >= 11 is -1.83. The molecule has 2 nitrogen and oxygen atoms in total. The van der Waals surface area contributed by atoms with Crippen LogP contribution in [0.2, 0.25) is 35.4 Å². The van der Waals surface area contributed by atoms with Crippen molar-refractivity contribution in [3.8, 4) is 0 Å². The van der Waals surface area contributed by atoms with Crippen molar-refractivity contribution in [1.29, 1.82) is 0 Å². The van der Waals surface area contributed by atoms with Gasteiger partial charge in [-0.3, -0.25) is 0 Å². The van der Waals surface area contributed by atoms with Crippen molar-refractivity contribution in [2.24, 2.45) is 0 Å². The van der Waals surface area contributed by atoms with E-state index in [0.29, 0.717) is 0 Å². The van der Waals surface area contributed by atoms with Crippen LogP contribution >= 0.6 is 0 Å². The summed E-state index contributed by atoms with van der Waals surface area (Å²) in [5.41, 5.74) is 0. The average molecular weight is 396 g/mol.